The molecule has 0 saturated heterocycles. The number of nitriles is 1. The lowest BCUT2D eigenvalue weighted by molar-refractivity contribution is -0.140. The van der Waals surface area contributed by atoms with Gasteiger partial charge in [0.25, 0.3) is 0 Å². The second kappa shape index (κ2) is 13.4. The van der Waals surface area contributed by atoms with E-state index in [-0.39, 0.29) is 30.3 Å². The van der Waals surface area contributed by atoms with Crippen LogP contribution in [0.25, 0.3) is 6.08 Å². The summed E-state index contributed by atoms with van der Waals surface area (Å²) in [7, 11) is 1.59. The average molecular weight is 377 g/mol. The van der Waals surface area contributed by atoms with Crippen LogP contribution < -0.4 is 0 Å². The van der Waals surface area contributed by atoms with E-state index < -0.39 is 5.97 Å². The van der Waals surface area contributed by atoms with Crippen molar-refractivity contribution in [3.8, 4) is 17.6 Å². The Morgan fingerprint density at radius 1 is 1.07 bits per heavy atom. The molecule has 0 heterocycles. The minimum absolute atomic E-state index is 0.0193. The van der Waals surface area contributed by atoms with Crippen molar-refractivity contribution in [1.82, 2.24) is 0 Å². The Bertz CT molecular complexity index is 692. The van der Waals surface area contributed by atoms with E-state index in [2.05, 4.69) is 0 Å². The monoisotopic (exact) mass is 377 g/mol. The van der Waals surface area contributed by atoms with Gasteiger partial charge in [-0.25, -0.2) is 4.79 Å². The molecule has 0 radical (unpaired) electrons. The molecule has 0 spiro atoms. The van der Waals surface area contributed by atoms with Crippen molar-refractivity contribution in [2.24, 2.45) is 0 Å². The second-order valence-electron chi connectivity index (χ2n) is 5.15. The molecule has 1 aromatic rings. The van der Waals surface area contributed by atoms with Crippen LogP contribution in [0.1, 0.15) is 5.56 Å². The number of phenolic OH excluding ortho intramolecular Hbond substituents is 2. The smallest absolute Gasteiger partial charge is 0.348 e. The number of hydrogen-bond acceptors (Lipinski definition) is 8. The van der Waals surface area contributed by atoms with E-state index in [1.54, 1.807) is 25.3 Å². The zero-order valence-corrected chi connectivity index (χ0v) is 15.1. The van der Waals surface area contributed by atoms with Gasteiger partial charge in [0.15, 0.2) is 11.5 Å². The van der Waals surface area contributed by atoms with Crippen LogP contribution in [0, 0.1) is 11.3 Å². The minimum Gasteiger partial charge on any atom is -0.504 e. The summed E-state index contributed by atoms with van der Waals surface area (Å²) >= 11 is 0. The van der Waals surface area contributed by atoms with Crippen molar-refractivity contribution >= 4 is 12.0 Å². The number of methoxy groups -OCH3 is 1. The number of nitrogens with zero attached hydrogens (tertiary/aromatic N) is 1. The summed E-state index contributed by atoms with van der Waals surface area (Å²) in [6.07, 6.45) is 4.34. The van der Waals surface area contributed by atoms with Gasteiger partial charge in [-0.05, 0) is 23.8 Å². The maximum atomic E-state index is 11.8. The fourth-order valence-corrected chi connectivity index (χ4v) is 1.79. The first-order valence-corrected chi connectivity index (χ1v) is 8.20. The van der Waals surface area contributed by atoms with Crippen LogP contribution in [0.2, 0.25) is 0 Å². The molecule has 0 amide bonds. The molecular weight excluding hydrogens is 354 g/mol. The van der Waals surface area contributed by atoms with E-state index in [0.717, 1.165) is 0 Å². The minimum atomic E-state index is -0.754. The molecule has 1 rings (SSSR count). The number of ether oxygens (including phenoxy) is 4. The summed E-state index contributed by atoms with van der Waals surface area (Å²) in [5.74, 6) is -1.24. The van der Waals surface area contributed by atoms with Gasteiger partial charge in [0.1, 0.15) is 18.2 Å². The number of esters is 1. The van der Waals surface area contributed by atoms with E-state index in [4.69, 9.17) is 24.2 Å². The molecule has 0 aliphatic rings. The third-order valence-corrected chi connectivity index (χ3v) is 3.16. The lowest BCUT2D eigenvalue weighted by Crippen LogP contribution is -2.14. The number of hydrogen-bond donors (Lipinski definition) is 2. The quantitative estimate of drug-likeness (QED) is 0.141. The predicted octanol–water partition coefficient (Wildman–Crippen LogP) is 1.78. The van der Waals surface area contributed by atoms with Crippen molar-refractivity contribution in [3.63, 3.8) is 0 Å². The topological polar surface area (TPSA) is 118 Å². The normalized spacial score (nSPS) is 11.5. The van der Waals surface area contributed by atoms with E-state index in [9.17, 15) is 15.0 Å². The number of rotatable bonds is 12. The van der Waals surface area contributed by atoms with Crippen LogP contribution in [0.3, 0.4) is 0 Å². The molecule has 1 aromatic carbocycles. The SMILES string of the molecule is COCCOCCOCCOC(=O)C(C#N)=CC=Cc1ccc(O)c(O)c1. The second-order valence-corrected chi connectivity index (χ2v) is 5.15. The van der Waals surface area contributed by atoms with Gasteiger partial charge in [-0.3, -0.25) is 0 Å². The zero-order valence-electron chi connectivity index (χ0n) is 15.1. The Morgan fingerprint density at radius 3 is 2.37 bits per heavy atom. The number of carbonyl (C=O) groups is 1. The van der Waals surface area contributed by atoms with Gasteiger partial charge in [-0.1, -0.05) is 18.2 Å². The fraction of sp³-hybridized carbons (Fsp3) is 0.368. The summed E-state index contributed by atoms with van der Waals surface area (Å²) < 4.78 is 20.2. The molecule has 8 nitrogen and oxygen atoms in total. The van der Waals surface area contributed by atoms with Gasteiger partial charge < -0.3 is 29.2 Å². The summed E-state index contributed by atoms with van der Waals surface area (Å²) in [6, 6.07) is 6.01. The summed E-state index contributed by atoms with van der Waals surface area (Å²) in [4.78, 5) is 11.8. The van der Waals surface area contributed by atoms with Gasteiger partial charge in [0, 0.05) is 7.11 Å². The summed E-state index contributed by atoms with van der Waals surface area (Å²) in [5, 5.41) is 27.7. The molecule has 0 saturated carbocycles. The fourth-order valence-electron chi connectivity index (χ4n) is 1.79. The maximum Gasteiger partial charge on any atom is 0.348 e. The molecule has 0 aliphatic heterocycles. The van der Waals surface area contributed by atoms with Gasteiger partial charge in [0.05, 0.1) is 33.0 Å². The van der Waals surface area contributed by atoms with Crippen molar-refractivity contribution in [2.75, 3.05) is 46.8 Å². The molecule has 0 bridgehead atoms. The van der Waals surface area contributed by atoms with Gasteiger partial charge in [-0.15, -0.1) is 0 Å². The number of allylic oxidation sites excluding steroid dienone is 2. The van der Waals surface area contributed by atoms with Crippen LogP contribution >= 0.6 is 0 Å². The number of aromatic hydroxyl groups is 2. The third kappa shape index (κ3) is 9.42. The van der Waals surface area contributed by atoms with Gasteiger partial charge in [0.2, 0.25) is 0 Å². The third-order valence-electron chi connectivity index (χ3n) is 3.16. The molecular formula is C19H23NO7. The molecule has 2 N–H and O–H groups in total. The number of phenols is 2. The molecule has 8 heteroatoms. The highest BCUT2D eigenvalue weighted by Crippen LogP contribution is 2.25. The van der Waals surface area contributed by atoms with E-state index in [1.807, 2.05) is 0 Å². The highest BCUT2D eigenvalue weighted by atomic mass is 16.6. The largest absolute Gasteiger partial charge is 0.504 e. The molecule has 0 unspecified atom stereocenters. The lowest BCUT2D eigenvalue weighted by atomic mass is 10.1. The standard InChI is InChI=1S/C19H23NO7/c1-24-7-8-25-9-10-26-11-12-27-19(23)16(14-20)4-2-3-15-5-6-17(21)18(22)13-15/h2-6,13,21-22H,7-12H2,1H3. The zero-order chi connectivity index (χ0) is 19.9. The van der Waals surface area contributed by atoms with Crippen LogP contribution in [0.4, 0.5) is 0 Å². The number of benzene rings is 1. The van der Waals surface area contributed by atoms with Gasteiger partial charge >= 0.3 is 5.97 Å². The maximum absolute atomic E-state index is 11.8. The number of carbonyl (C=O) groups excluding carboxylic acids is 1. The first kappa shape index (κ1) is 22.2. The molecule has 0 atom stereocenters. The Morgan fingerprint density at radius 2 is 1.74 bits per heavy atom. The van der Waals surface area contributed by atoms with Crippen LogP contribution in [0.5, 0.6) is 11.5 Å². The highest BCUT2D eigenvalue weighted by molar-refractivity contribution is 5.93. The predicted molar refractivity (Wildman–Crippen MR) is 97.0 cm³/mol. The Kier molecular flexibility index (Phi) is 11.0. The Balaban J connectivity index is 2.32. The molecule has 0 aromatic heterocycles. The van der Waals surface area contributed by atoms with E-state index in [1.165, 1.54) is 24.3 Å². The summed E-state index contributed by atoms with van der Waals surface area (Å²) in [6.45, 7) is 2.00. The highest BCUT2D eigenvalue weighted by Gasteiger charge is 2.09. The van der Waals surface area contributed by atoms with Crippen molar-refractivity contribution in [3.05, 3.63) is 41.5 Å². The van der Waals surface area contributed by atoms with E-state index in [0.29, 0.717) is 32.0 Å². The summed E-state index contributed by atoms with van der Waals surface area (Å²) in [5.41, 5.74) is 0.422. The Hall–Kier alpha value is -2.86. The molecule has 0 fully saturated rings. The van der Waals surface area contributed by atoms with Crippen LogP contribution in [-0.2, 0) is 23.7 Å². The van der Waals surface area contributed by atoms with E-state index >= 15 is 0 Å². The first-order valence-electron chi connectivity index (χ1n) is 8.20. The van der Waals surface area contributed by atoms with Crippen molar-refractivity contribution < 1.29 is 34.0 Å². The first-order chi connectivity index (χ1) is 13.1. The van der Waals surface area contributed by atoms with Crippen LogP contribution in [-0.4, -0.2) is 62.9 Å². The molecule has 27 heavy (non-hydrogen) atoms. The molecule has 146 valence electrons. The van der Waals surface area contributed by atoms with Crippen LogP contribution in [0.15, 0.2) is 35.9 Å². The lowest BCUT2D eigenvalue weighted by Gasteiger charge is -2.06. The molecule has 0 aliphatic carbocycles. The average Bonchev–Trinajstić information content (AvgIpc) is 2.66. The van der Waals surface area contributed by atoms with Gasteiger partial charge in [-0.2, -0.15) is 5.26 Å². The van der Waals surface area contributed by atoms with Crippen molar-refractivity contribution in [1.29, 1.82) is 5.26 Å². The van der Waals surface area contributed by atoms with Crippen molar-refractivity contribution in [2.45, 2.75) is 0 Å². The Labute approximate surface area is 157 Å².